The number of rotatable bonds is 6. The Hall–Kier alpha value is 0.270. The fourth-order valence-electron chi connectivity index (χ4n) is 2.15. The fraction of sp³-hybridized carbons (Fsp3) is 1.00. The van der Waals surface area contributed by atoms with Gasteiger partial charge >= 0.3 is 0 Å². The molecule has 1 aliphatic heterocycles. The zero-order valence-electron chi connectivity index (χ0n) is 10.2. The first-order valence-corrected chi connectivity index (χ1v) is 7.44. The minimum absolute atomic E-state index is 0.258. The molecule has 2 nitrogen and oxygen atoms in total. The zero-order chi connectivity index (χ0) is 11.1. The van der Waals surface area contributed by atoms with E-state index < -0.39 is 0 Å². The van der Waals surface area contributed by atoms with Crippen molar-refractivity contribution in [3.63, 3.8) is 0 Å². The van der Waals surface area contributed by atoms with Crippen LogP contribution in [0.15, 0.2) is 0 Å². The quantitative estimate of drug-likeness (QED) is 0.735. The van der Waals surface area contributed by atoms with E-state index in [1.165, 1.54) is 37.2 Å². The van der Waals surface area contributed by atoms with E-state index >= 15 is 0 Å². The molecular formula is C12H26N2S. The van der Waals surface area contributed by atoms with Crippen LogP contribution >= 0.6 is 11.8 Å². The van der Waals surface area contributed by atoms with E-state index in [4.69, 9.17) is 5.73 Å². The van der Waals surface area contributed by atoms with Crippen molar-refractivity contribution in [1.82, 2.24) is 5.32 Å². The summed E-state index contributed by atoms with van der Waals surface area (Å²) in [7, 11) is 0. The van der Waals surface area contributed by atoms with E-state index in [2.05, 4.69) is 30.9 Å². The molecule has 1 rings (SSSR count). The van der Waals surface area contributed by atoms with Gasteiger partial charge in [-0.05, 0) is 36.8 Å². The van der Waals surface area contributed by atoms with Crippen LogP contribution in [-0.2, 0) is 0 Å². The first-order chi connectivity index (χ1) is 7.26. The topological polar surface area (TPSA) is 38.0 Å². The van der Waals surface area contributed by atoms with Crippen LogP contribution in [0.4, 0.5) is 0 Å². The zero-order valence-corrected chi connectivity index (χ0v) is 11.0. The highest BCUT2D eigenvalue weighted by atomic mass is 32.2. The van der Waals surface area contributed by atoms with Crippen LogP contribution in [-0.4, -0.2) is 30.1 Å². The second kappa shape index (κ2) is 6.77. The summed E-state index contributed by atoms with van der Waals surface area (Å²) in [5, 5.41) is 3.75. The third-order valence-electron chi connectivity index (χ3n) is 3.76. The molecule has 0 aromatic heterocycles. The van der Waals surface area contributed by atoms with Crippen molar-refractivity contribution in [1.29, 1.82) is 0 Å². The number of nitrogens with one attached hydrogen (secondary N) is 1. The second-order valence-electron chi connectivity index (χ2n) is 4.66. The van der Waals surface area contributed by atoms with E-state index in [1.807, 2.05) is 0 Å². The van der Waals surface area contributed by atoms with Gasteiger partial charge in [-0.25, -0.2) is 0 Å². The lowest BCUT2D eigenvalue weighted by Crippen LogP contribution is -2.54. The van der Waals surface area contributed by atoms with Crippen molar-refractivity contribution in [2.24, 2.45) is 11.7 Å². The molecule has 1 aliphatic rings. The maximum absolute atomic E-state index is 5.94. The first-order valence-electron chi connectivity index (χ1n) is 6.29. The monoisotopic (exact) mass is 230 g/mol. The summed E-state index contributed by atoms with van der Waals surface area (Å²) in [6.45, 7) is 6.51. The largest absolute Gasteiger partial charge is 0.329 e. The van der Waals surface area contributed by atoms with Crippen molar-refractivity contribution < 1.29 is 0 Å². The van der Waals surface area contributed by atoms with Crippen molar-refractivity contribution in [2.45, 2.75) is 45.1 Å². The highest BCUT2D eigenvalue weighted by Gasteiger charge is 2.30. The van der Waals surface area contributed by atoms with Crippen LogP contribution in [0.25, 0.3) is 0 Å². The third kappa shape index (κ3) is 3.97. The minimum Gasteiger partial charge on any atom is -0.329 e. The fourth-order valence-corrected chi connectivity index (χ4v) is 3.43. The molecule has 15 heavy (non-hydrogen) atoms. The van der Waals surface area contributed by atoms with Gasteiger partial charge in [0.1, 0.15) is 0 Å². The van der Waals surface area contributed by atoms with Gasteiger partial charge in [0.15, 0.2) is 0 Å². The van der Waals surface area contributed by atoms with Crippen molar-refractivity contribution in [3.05, 3.63) is 0 Å². The lowest BCUT2D eigenvalue weighted by molar-refractivity contribution is 0.280. The Balaban J connectivity index is 2.38. The van der Waals surface area contributed by atoms with Crippen LogP contribution in [0.2, 0.25) is 0 Å². The smallest absolute Gasteiger partial charge is 0.0319 e. The lowest BCUT2D eigenvalue weighted by Gasteiger charge is -2.38. The maximum Gasteiger partial charge on any atom is 0.0319 e. The second-order valence-corrected chi connectivity index (χ2v) is 5.88. The molecule has 1 heterocycles. The van der Waals surface area contributed by atoms with Gasteiger partial charge in [0.25, 0.3) is 0 Å². The molecule has 90 valence electrons. The normalized spacial score (nSPS) is 20.8. The van der Waals surface area contributed by atoms with Gasteiger partial charge in [0.2, 0.25) is 0 Å². The van der Waals surface area contributed by atoms with Crippen LogP contribution in [0.5, 0.6) is 0 Å². The molecule has 3 heteroatoms. The molecule has 0 aliphatic carbocycles. The summed E-state index contributed by atoms with van der Waals surface area (Å²) < 4.78 is 0. The van der Waals surface area contributed by atoms with Crippen LogP contribution < -0.4 is 11.1 Å². The Labute approximate surface area is 98.8 Å². The molecule has 0 atom stereocenters. The van der Waals surface area contributed by atoms with E-state index in [0.29, 0.717) is 0 Å². The molecule has 0 saturated carbocycles. The standard InChI is InChI=1S/C12H26N2S/c1-3-11(4-2)9-14-12(10-13)5-7-15-8-6-12/h11,14H,3-10,13H2,1-2H3. The van der Waals surface area contributed by atoms with E-state index in [0.717, 1.165) is 19.0 Å². The number of thioether (sulfide) groups is 1. The Morgan fingerprint density at radius 3 is 2.33 bits per heavy atom. The molecule has 1 fully saturated rings. The summed E-state index contributed by atoms with van der Waals surface area (Å²) in [4.78, 5) is 0. The van der Waals surface area contributed by atoms with Crippen LogP contribution in [0.3, 0.4) is 0 Å². The molecule has 0 spiro atoms. The number of hydrogen-bond donors (Lipinski definition) is 2. The SMILES string of the molecule is CCC(CC)CNC1(CN)CCSCC1. The maximum atomic E-state index is 5.94. The van der Waals surface area contributed by atoms with Gasteiger partial charge in [-0.2, -0.15) is 11.8 Å². The highest BCUT2D eigenvalue weighted by Crippen LogP contribution is 2.26. The Morgan fingerprint density at radius 2 is 1.87 bits per heavy atom. The van der Waals surface area contributed by atoms with Gasteiger partial charge in [-0.15, -0.1) is 0 Å². The first kappa shape index (κ1) is 13.3. The molecule has 0 aromatic rings. The van der Waals surface area contributed by atoms with Crippen molar-refractivity contribution in [3.8, 4) is 0 Å². The Kier molecular flexibility index (Phi) is 6.02. The number of nitrogens with two attached hydrogens (primary N) is 1. The van der Waals surface area contributed by atoms with Gasteiger partial charge in [0.05, 0.1) is 0 Å². The van der Waals surface area contributed by atoms with Crippen molar-refractivity contribution in [2.75, 3.05) is 24.6 Å². The van der Waals surface area contributed by atoms with E-state index in [-0.39, 0.29) is 5.54 Å². The average Bonchev–Trinajstić information content (AvgIpc) is 2.31. The van der Waals surface area contributed by atoms with Gasteiger partial charge in [-0.1, -0.05) is 26.7 Å². The number of hydrogen-bond acceptors (Lipinski definition) is 3. The molecule has 1 saturated heterocycles. The summed E-state index contributed by atoms with van der Waals surface area (Å²) in [6.07, 6.45) is 5.04. The molecule has 3 N–H and O–H groups in total. The Bertz CT molecular complexity index is 163. The molecule has 0 bridgehead atoms. The van der Waals surface area contributed by atoms with Gasteiger partial charge in [0, 0.05) is 12.1 Å². The highest BCUT2D eigenvalue weighted by molar-refractivity contribution is 7.99. The summed E-state index contributed by atoms with van der Waals surface area (Å²) in [5.41, 5.74) is 6.19. The van der Waals surface area contributed by atoms with Crippen LogP contribution in [0, 0.1) is 5.92 Å². The van der Waals surface area contributed by atoms with Crippen LogP contribution in [0.1, 0.15) is 39.5 Å². The third-order valence-corrected chi connectivity index (χ3v) is 4.75. The summed E-state index contributed by atoms with van der Waals surface area (Å²) >= 11 is 2.06. The molecular weight excluding hydrogens is 204 g/mol. The Morgan fingerprint density at radius 1 is 1.27 bits per heavy atom. The van der Waals surface area contributed by atoms with E-state index in [1.54, 1.807) is 0 Å². The molecule has 0 unspecified atom stereocenters. The van der Waals surface area contributed by atoms with Crippen molar-refractivity contribution >= 4 is 11.8 Å². The average molecular weight is 230 g/mol. The minimum atomic E-state index is 0.258. The predicted octanol–water partition coefficient (Wildman–Crippen LogP) is 2.24. The lowest BCUT2D eigenvalue weighted by atomic mass is 9.91. The summed E-state index contributed by atoms with van der Waals surface area (Å²) in [5.74, 6) is 3.36. The summed E-state index contributed by atoms with van der Waals surface area (Å²) in [6, 6.07) is 0. The predicted molar refractivity (Wildman–Crippen MR) is 70.4 cm³/mol. The van der Waals surface area contributed by atoms with E-state index in [9.17, 15) is 0 Å². The van der Waals surface area contributed by atoms with Gasteiger partial charge < -0.3 is 11.1 Å². The molecule has 0 aromatic carbocycles. The van der Waals surface area contributed by atoms with Gasteiger partial charge in [-0.3, -0.25) is 0 Å². The molecule has 0 radical (unpaired) electrons. The molecule has 0 amide bonds.